The molecule has 0 amide bonds. The molecule has 1 aliphatic heterocycles. The molecule has 1 fully saturated rings. The van der Waals surface area contributed by atoms with Crippen molar-refractivity contribution < 1.29 is 34.7 Å². The molecular formula is C9H17NO7. The molecule has 1 heterocycles. The van der Waals surface area contributed by atoms with Gasteiger partial charge in [0, 0.05) is 5.92 Å². The van der Waals surface area contributed by atoms with Gasteiger partial charge in [0.05, 0.1) is 12.7 Å². The molecule has 1 saturated heterocycles. The lowest BCUT2D eigenvalue weighted by atomic mass is 9.92. The van der Waals surface area contributed by atoms with E-state index in [1.165, 1.54) is 6.92 Å². The van der Waals surface area contributed by atoms with Crippen LogP contribution < -0.4 is 5.73 Å². The van der Waals surface area contributed by atoms with Gasteiger partial charge in [-0.2, -0.15) is 0 Å². The monoisotopic (exact) mass is 251 g/mol. The number of rotatable bonds is 4. The second kappa shape index (κ2) is 5.71. The van der Waals surface area contributed by atoms with Crippen molar-refractivity contribution >= 4 is 5.97 Å². The van der Waals surface area contributed by atoms with Crippen molar-refractivity contribution in [2.45, 2.75) is 37.8 Å². The van der Waals surface area contributed by atoms with Crippen LogP contribution in [0.25, 0.3) is 0 Å². The summed E-state index contributed by atoms with van der Waals surface area (Å²) in [6.45, 7) is 0.994. The summed E-state index contributed by atoms with van der Waals surface area (Å²) in [6, 6.07) is 0. The van der Waals surface area contributed by atoms with Gasteiger partial charge >= 0.3 is 5.97 Å². The molecule has 6 N–H and O–H groups in total. The molecule has 0 bridgehead atoms. The van der Waals surface area contributed by atoms with Gasteiger partial charge in [0.2, 0.25) is 6.23 Å². The second-order valence-electron chi connectivity index (χ2n) is 3.96. The first kappa shape index (κ1) is 14.3. The predicted molar refractivity (Wildman–Crippen MR) is 53.6 cm³/mol. The van der Waals surface area contributed by atoms with Gasteiger partial charge in [0.25, 0.3) is 0 Å². The molecule has 0 aliphatic carbocycles. The van der Waals surface area contributed by atoms with Gasteiger partial charge in [-0.1, -0.05) is 6.92 Å². The first-order valence-electron chi connectivity index (χ1n) is 5.14. The Labute approximate surface area is 97.6 Å². The van der Waals surface area contributed by atoms with Crippen molar-refractivity contribution in [3.05, 3.63) is 0 Å². The van der Waals surface area contributed by atoms with E-state index >= 15 is 0 Å². The van der Waals surface area contributed by atoms with Crippen LogP contribution in [0.1, 0.15) is 6.92 Å². The van der Waals surface area contributed by atoms with Crippen LogP contribution in [0.4, 0.5) is 0 Å². The topological polar surface area (TPSA) is 142 Å². The molecular weight excluding hydrogens is 234 g/mol. The van der Waals surface area contributed by atoms with E-state index in [9.17, 15) is 15.0 Å². The van der Waals surface area contributed by atoms with E-state index in [1.807, 2.05) is 0 Å². The Kier molecular flexibility index (Phi) is 4.80. The molecule has 6 atom stereocenters. The Morgan fingerprint density at radius 3 is 2.53 bits per heavy atom. The molecule has 0 spiro atoms. The van der Waals surface area contributed by atoms with Crippen molar-refractivity contribution in [1.29, 1.82) is 0 Å². The molecule has 17 heavy (non-hydrogen) atoms. The van der Waals surface area contributed by atoms with Crippen molar-refractivity contribution in [3.8, 4) is 0 Å². The molecule has 5 unspecified atom stereocenters. The number of carboxylic acids is 1. The fourth-order valence-electron chi connectivity index (χ4n) is 1.58. The maximum absolute atomic E-state index is 10.5. The van der Waals surface area contributed by atoms with Crippen molar-refractivity contribution in [2.24, 2.45) is 11.7 Å². The first-order chi connectivity index (χ1) is 7.88. The minimum absolute atomic E-state index is 0.521. The zero-order valence-electron chi connectivity index (χ0n) is 9.26. The normalized spacial score (nSPS) is 39.9. The predicted octanol–water partition coefficient (Wildman–Crippen LogP) is -2.55. The molecule has 0 saturated carbocycles. The molecule has 8 nitrogen and oxygen atoms in total. The number of aliphatic hydroxyl groups excluding tert-OH is 3. The lowest BCUT2D eigenvalue weighted by molar-refractivity contribution is -0.292. The molecule has 0 aromatic rings. The van der Waals surface area contributed by atoms with Gasteiger partial charge in [-0.25, -0.2) is 4.79 Å². The number of hydrogen-bond acceptors (Lipinski definition) is 7. The molecule has 8 heteroatoms. The van der Waals surface area contributed by atoms with Crippen LogP contribution in [-0.4, -0.2) is 63.8 Å². The van der Waals surface area contributed by atoms with Gasteiger partial charge < -0.3 is 29.9 Å². The van der Waals surface area contributed by atoms with Gasteiger partial charge in [0.1, 0.15) is 12.2 Å². The molecule has 0 aromatic heterocycles. The SMILES string of the molecule is CC1C(O[C@H](N)C(=O)O)OC(CO)C(O)C1O. The van der Waals surface area contributed by atoms with Crippen LogP contribution in [0, 0.1) is 5.92 Å². The summed E-state index contributed by atoms with van der Waals surface area (Å²) in [7, 11) is 0. The smallest absolute Gasteiger partial charge is 0.347 e. The maximum Gasteiger partial charge on any atom is 0.347 e. The highest BCUT2D eigenvalue weighted by molar-refractivity contribution is 5.71. The Morgan fingerprint density at radius 2 is 2.06 bits per heavy atom. The van der Waals surface area contributed by atoms with E-state index in [2.05, 4.69) is 0 Å². The highest BCUT2D eigenvalue weighted by Crippen LogP contribution is 2.26. The highest BCUT2D eigenvalue weighted by Gasteiger charge is 2.43. The zero-order valence-corrected chi connectivity index (χ0v) is 9.26. The van der Waals surface area contributed by atoms with Crippen LogP contribution in [0.5, 0.6) is 0 Å². The molecule has 0 radical (unpaired) electrons. The lowest BCUT2D eigenvalue weighted by Crippen LogP contribution is -2.57. The van der Waals surface area contributed by atoms with E-state index < -0.39 is 49.3 Å². The molecule has 1 rings (SSSR count). The van der Waals surface area contributed by atoms with Crippen molar-refractivity contribution in [3.63, 3.8) is 0 Å². The van der Waals surface area contributed by atoms with Crippen LogP contribution in [0.15, 0.2) is 0 Å². The summed E-state index contributed by atoms with van der Waals surface area (Å²) in [5, 5.41) is 36.7. The van der Waals surface area contributed by atoms with Crippen LogP contribution in [-0.2, 0) is 14.3 Å². The van der Waals surface area contributed by atoms with Crippen molar-refractivity contribution in [1.82, 2.24) is 0 Å². The van der Waals surface area contributed by atoms with Gasteiger partial charge in [-0.3, -0.25) is 5.73 Å². The summed E-state index contributed by atoms with van der Waals surface area (Å²) in [5.74, 6) is -2.04. The molecule has 1 aliphatic rings. The fourth-order valence-corrected chi connectivity index (χ4v) is 1.58. The number of hydrogen-bond donors (Lipinski definition) is 5. The molecule has 0 aromatic carbocycles. The largest absolute Gasteiger partial charge is 0.478 e. The van der Waals surface area contributed by atoms with E-state index in [-0.39, 0.29) is 0 Å². The van der Waals surface area contributed by atoms with Crippen molar-refractivity contribution in [2.75, 3.05) is 6.61 Å². The Morgan fingerprint density at radius 1 is 1.47 bits per heavy atom. The number of carboxylic acid groups (broad SMARTS) is 1. The summed E-state index contributed by atoms with van der Waals surface area (Å²) in [4.78, 5) is 10.5. The van der Waals surface area contributed by atoms with Crippen LogP contribution in [0.3, 0.4) is 0 Å². The molecule has 100 valence electrons. The standard InChI is InChI=1S/C9H17NO7/c1-3-5(12)6(13)4(2-11)16-9(3)17-7(10)8(14)15/h3-7,9,11-13H,2,10H2,1H3,(H,14,15)/t3?,4?,5?,6?,7-,9?/m0/s1. The van der Waals surface area contributed by atoms with E-state index in [1.54, 1.807) is 0 Å². The summed E-state index contributed by atoms with van der Waals surface area (Å²) < 4.78 is 10.0. The first-order valence-corrected chi connectivity index (χ1v) is 5.14. The minimum Gasteiger partial charge on any atom is -0.478 e. The van der Waals surface area contributed by atoms with E-state index in [0.717, 1.165) is 0 Å². The van der Waals surface area contributed by atoms with Crippen LogP contribution >= 0.6 is 0 Å². The number of carbonyl (C=O) groups is 1. The summed E-state index contributed by atoms with van der Waals surface area (Å²) >= 11 is 0. The van der Waals surface area contributed by atoms with Gasteiger partial charge in [0.15, 0.2) is 6.29 Å². The Balaban J connectivity index is 2.68. The second-order valence-corrected chi connectivity index (χ2v) is 3.96. The average Bonchev–Trinajstić information content (AvgIpc) is 2.29. The number of ether oxygens (including phenoxy) is 2. The van der Waals surface area contributed by atoms with E-state index in [4.69, 9.17) is 25.4 Å². The summed E-state index contributed by atoms with van der Waals surface area (Å²) in [5.41, 5.74) is 5.17. The lowest BCUT2D eigenvalue weighted by Gasteiger charge is -2.41. The zero-order chi connectivity index (χ0) is 13.2. The minimum atomic E-state index is -1.59. The van der Waals surface area contributed by atoms with Crippen LogP contribution in [0.2, 0.25) is 0 Å². The fraction of sp³-hybridized carbons (Fsp3) is 0.889. The van der Waals surface area contributed by atoms with Gasteiger partial charge in [-0.05, 0) is 0 Å². The van der Waals surface area contributed by atoms with E-state index in [0.29, 0.717) is 0 Å². The Hall–Kier alpha value is -0.770. The quantitative estimate of drug-likeness (QED) is 0.344. The summed E-state index contributed by atoms with van der Waals surface area (Å²) in [6.07, 6.45) is -6.17. The highest BCUT2D eigenvalue weighted by atomic mass is 16.7. The number of aliphatic carboxylic acids is 1. The third-order valence-electron chi connectivity index (χ3n) is 2.71. The van der Waals surface area contributed by atoms with Gasteiger partial charge in [-0.15, -0.1) is 0 Å². The number of nitrogens with two attached hydrogens (primary N) is 1. The number of aliphatic hydroxyl groups is 3. The average molecular weight is 251 g/mol. The third-order valence-corrected chi connectivity index (χ3v) is 2.71. The maximum atomic E-state index is 10.5. The Bertz CT molecular complexity index is 272. The third kappa shape index (κ3) is 3.12.